The molecule has 1 aliphatic carbocycles. The third-order valence-corrected chi connectivity index (χ3v) is 8.26. The maximum Gasteiger partial charge on any atom is 0.348 e. The zero-order valence-electron chi connectivity index (χ0n) is 21.1. The van der Waals surface area contributed by atoms with Crippen LogP contribution in [0.1, 0.15) is 56.1 Å². The minimum atomic E-state index is -1.04. The van der Waals surface area contributed by atoms with E-state index in [2.05, 4.69) is 11.9 Å². The smallest absolute Gasteiger partial charge is 0.348 e. The van der Waals surface area contributed by atoms with Crippen molar-refractivity contribution in [2.45, 2.75) is 52.5 Å². The van der Waals surface area contributed by atoms with Crippen molar-refractivity contribution < 1.29 is 24.2 Å². The standard InChI is InChI=1S/C29H30N2O5S/c1-16(2)31(28(33)20-9-7-17(3)8-10-20)22-15-24(37-26(22)29(34)35)18-11-13-19(14-12-18)27-30-21-5-4-6-23(32)25(21)36-27/h4-6,11-17,20,32H,7-10H2,1-3H3,(H,34,35)/t17-,20-. The average molecular weight is 519 g/mol. The van der Waals surface area contributed by atoms with E-state index in [0.717, 1.165) is 41.7 Å². The van der Waals surface area contributed by atoms with Crippen LogP contribution in [0.5, 0.6) is 5.75 Å². The molecule has 4 aromatic rings. The van der Waals surface area contributed by atoms with Gasteiger partial charge in [0.2, 0.25) is 11.8 Å². The number of carboxylic acids is 1. The number of amides is 1. The second kappa shape index (κ2) is 10.0. The van der Waals surface area contributed by atoms with Gasteiger partial charge in [-0.05, 0) is 81.3 Å². The van der Waals surface area contributed by atoms with Gasteiger partial charge < -0.3 is 19.5 Å². The SMILES string of the molecule is CC(C)N(c1cc(-c2ccc(-c3nc4cccc(O)c4o3)cc2)sc1C(=O)O)C(=O)[C@H]1CC[C@H](C)CC1. The Hall–Kier alpha value is -3.65. The van der Waals surface area contributed by atoms with Gasteiger partial charge in [0.1, 0.15) is 10.4 Å². The van der Waals surface area contributed by atoms with E-state index in [1.807, 2.05) is 44.2 Å². The minimum absolute atomic E-state index is 0.0170. The van der Waals surface area contributed by atoms with Crippen molar-refractivity contribution in [2.24, 2.45) is 11.8 Å². The van der Waals surface area contributed by atoms with Gasteiger partial charge in [-0.3, -0.25) is 4.79 Å². The van der Waals surface area contributed by atoms with Gasteiger partial charge >= 0.3 is 5.97 Å². The molecule has 2 heterocycles. The lowest BCUT2D eigenvalue weighted by molar-refractivity contribution is -0.123. The zero-order valence-corrected chi connectivity index (χ0v) is 21.9. The van der Waals surface area contributed by atoms with Crippen LogP contribution < -0.4 is 4.90 Å². The van der Waals surface area contributed by atoms with Gasteiger partial charge in [-0.25, -0.2) is 9.78 Å². The molecular formula is C29H30N2O5S. The van der Waals surface area contributed by atoms with Crippen molar-refractivity contribution in [1.29, 1.82) is 0 Å². The van der Waals surface area contributed by atoms with Gasteiger partial charge in [0.25, 0.3) is 0 Å². The molecule has 1 fully saturated rings. The molecule has 0 bridgehead atoms. The summed E-state index contributed by atoms with van der Waals surface area (Å²) in [5.74, 6) is -0.0409. The normalized spacial score (nSPS) is 17.8. The molecule has 0 spiro atoms. The first-order valence-electron chi connectivity index (χ1n) is 12.6. The Kier molecular flexibility index (Phi) is 6.77. The molecule has 2 N–H and O–H groups in total. The monoisotopic (exact) mass is 518 g/mol. The first-order valence-corrected chi connectivity index (χ1v) is 13.4. The van der Waals surface area contributed by atoms with Crippen LogP contribution in [0.25, 0.3) is 33.0 Å². The van der Waals surface area contributed by atoms with E-state index in [1.165, 1.54) is 11.3 Å². The highest BCUT2D eigenvalue weighted by Crippen LogP contribution is 2.40. The van der Waals surface area contributed by atoms with Crippen molar-refractivity contribution in [2.75, 3.05) is 4.90 Å². The van der Waals surface area contributed by atoms with E-state index in [9.17, 15) is 19.8 Å². The van der Waals surface area contributed by atoms with Crippen LogP contribution in [-0.2, 0) is 4.79 Å². The van der Waals surface area contributed by atoms with Crippen LogP contribution in [0, 0.1) is 11.8 Å². The van der Waals surface area contributed by atoms with Crippen LogP contribution in [0.15, 0.2) is 52.9 Å². The Labute approximate surface area is 219 Å². The third kappa shape index (κ3) is 4.85. The second-order valence-electron chi connectivity index (χ2n) is 10.1. The van der Waals surface area contributed by atoms with Crippen molar-refractivity contribution >= 4 is 40.0 Å². The van der Waals surface area contributed by atoms with E-state index < -0.39 is 5.97 Å². The Morgan fingerprint density at radius 2 is 1.73 bits per heavy atom. The van der Waals surface area contributed by atoms with Gasteiger partial charge in [-0.1, -0.05) is 25.1 Å². The van der Waals surface area contributed by atoms with Crippen LogP contribution in [-0.4, -0.2) is 33.1 Å². The fraction of sp³-hybridized carbons (Fsp3) is 0.345. The number of carbonyl (C=O) groups excluding carboxylic acids is 1. The summed E-state index contributed by atoms with van der Waals surface area (Å²) in [5.41, 5.74) is 2.94. The molecule has 0 atom stereocenters. The van der Waals surface area contributed by atoms with Crippen molar-refractivity contribution in [1.82, 2.24) is 4.98 Å². The number of aromatic nitrogens is 1. The number of hydrogen-bond acceptors (Lipinski definition) is 6. The number of anilines is 1. The molecule has 1 aliphatic rings. The molecule has 37 heavy (non-hydrogen) atoms. The molecule has 0 aliphatic heterocycles. The number of thiophene rings is 1. The molecule has 192 valence electrons. The minimum Gasteiger partial charge on any atom is -0.504 e. The van der Waals surface area contributed by atoms with E-state index in [1.54, 1.807) is 23.1 Å². The number of aromatic hydroxyl groups is 1. The van der Waals surface area contributed by atoms with Gasteiger partial charge in [0.15, 0.2) is 11.3 Å². The molecular weight excluding hydrogens is 488 g/mol. The van der Waals surface area contributed by atoms with Crippen LogP contribution in [0.4, 0.5) is 5.69 Å². The third-order valence-electron chi connectivity index (χ3n) is 7.10. The quantitative estimate of drug-likeness (QED) is 0.280. The number of carbonyl (C=O) groups is 2. The predicted molar refractivity (Wildman–Crippen MR) is 145 cm³/mol. The lowest BCUT2D eigenvalue weighted by Gasteiger charge is -2.33. The van der Waals surface area contributed by atoms with Gasteiger partial charge in [-0.2, -0.15) is 0 Å². The van der Waals surface area contributed by atoms with Crippen molar-refractivity contribution in [3.05, 3.63) is 53.4 Å². The number of phenolic OH excluding ortho intramolecular Hbond substituents is 1. The number of carboxylic acid groups (broad SMARTS) is 1. The molecule has 0 radical (unpaired) electrons. The largest absolute Gasteiger partial charge is 0.504 e. The zero-order chi connectivity index (χ0) is 26.3. The Balaban J connectivity index is 1.46. The Morgan fingerprint density at radius 3 is 2.35 bits per heavy atom. The molecule has 2 aromatic heterocycles. The lowest BCUT2D eigenvalue weighted by atomic mass is 9.82. The predicted octanol–water partition coefficient (Wildman–Crippen LogP) is 7.19. The van der Waals surface area contributed by atoms with E-state index >= 15 is 0 Å². The van der Waals surface area contributed by atoms with Crippen molar-refractivity contribution in [3.8, 4) is 27.6 Å². The Morgan fingerprint density at radius 1 is 1.05 bits per heavy atom. The summed E-state index contributed by atoms with van der Waals surface area (Å²) < 4.78 is 5.75. The molecule has 8 heteroatoms. The van der Waals surface area contributed by atoms with Crippen LogP contribution in [0.3, 0.4) is 0 Å². The number of phenols is 1. The summed E-state index contributed by atoms with van der Waals surface area (Å²) in [6.07, 6.45) is 3.74. The number of rotatable bonds is 6. The number of aromatic carboxylic acids is 1. The number of benzene rings is 2. The number of para-hydroxylation sites is 1. The summed E-state index contributed by atoms with van der Waals surface area (Å²) in [6.45, 7) is 6.08. The second-order valence-corrected chi connectivity index (χ2v) is 11.2. The Bertz CT molecular complexity index is 1440. The fourth-order valence-corrected chi connectivity index (χ4v) is 6.04. The van der Waals surface area contributed by atoms with E-state index in [0.29, 0.717) is 28.6 Å². The van der Waals surface area contributed by atoms with Crippen LogP contribution >= 0.6 is 11.3 Å². The highest BCUT2D eigenvalue weighted by atomic mass is 32.1. The number of hydrogen-bond donors (Lipinski definition) is 2. The average Bonchev–Trinajstić information content (AvgIpc) is 3.50. The van der Waals surface area contributed by atoms with Gasteiger partial charge in [0, 0.05) is 22.4 Å². The number of fused-ring (bicyclic) bond motifs is 1. The highest BCUT2D eigenvalue weighted by molar-refractivity contribution is 7.18. The number of nitrogens with zero attached hydrogens (tertiary/aromatic N) is 2. The maximum absolute atomic E-state index is 13.6. The van der Waals surface area contributed by atoms with E-state index in [-0.39, 0.29) is 28.5 Å². The topological polar surface area (TPSA) is 104 Å². The van der Waals surface area contributed by atoms with Gasteiger partial charge in [0.05, 0.1) is 5.69 Å². The molecule has 0 unspecified atom stereocenters. The summed E-state index contributed by atoms with van der Waals surface area (Å²) in [4.78, 5) is 32.9. The fourth-order valence-electron chi connectivity index (χ4n) is 5.05. The molecule has 1 saturated carbocycles. The molecule has 2 aromatic carbocycles. The van der Waals surface area contributed by atoms with Crippen LogP contribution in [0.2, 0.25) is 0 Å². The van der Waals surface area contributed by atoms with E-state index in [4.69, 9.17) is 4.42 Å². The summed E-state index contributed by atoms with van der Waals surface area (Å²) in [5, 5.41) is 20.0. The first-order chi connectivity index (χ1) is 17.7. The molecule has 7 nitrogen and oxygen atoms in total. The number of oxazole rings is 1. The summed E-state index contributed by atoms with van der Waals surface area (Å²) in [6, 6.07) is 14.2. The summed E-state index contributed by atoms with van der Waals surface area (Å²) in [7, 11) is 0. The van der Waals surface area contributed by atoms with Gasteiger partial charge in [-0.15, -0.1) is 11.3 Å². The lowest BCUT2D eigenvalue weighted by Crippen LogP contribution is -2.42. The summed E-state index contributed by atoms with van der Waals surface area (Å²) >= 11 is 1.17. The molecule has 1 amide bonds. The maximum atomic E-state index is 13.6. The molecule has 0 saturated heterocycles. The molecule has 5 rings (SSSR count). The highest BCUT2D eigenvalue weighted by Gasteiger charge is 2.33. The van der Waals surface area contributed by atoms with Crippen molar-refractivity contribution in [3.63, 3.8) is 0 Å². The first kappa shape index (κ1) is 25.0.